The fourth-order valence-corrected chi connectivity index (χ4v) is 4.40. The zero-order valence-corrected chi connectivity index (χ0v) is 19.6. The fraction of sp³-hybridized carbons (Fsp3) is 0.174. The third-order valence-corrected chi connectivity index (χ3v) is 6.97. The molecule has 1 amide bonds. The Hall–Kier alpha value is -3.23. The van der Waals surface area contributed by atoms with Crippen LogP contribution in [0.5, 0.6) is 11.5 Å². The van der Waals surface area contributed by atoms with Crippen LogP contribution in [-0.4, -0.2) is 35.6 Å². The van der Waals surface area contributed by atoms with Crippen molar-refractivity contribution in [2.24, 2.45) is 0 Å². The molecule has 9 heteroatoms. The number of benzene rings is 3. The highest BCUT2D eigenvalue weighted by Gasteiger charge is 2.23. The van der Waals surface area contributed by atoms with E-state index >= 15 is 0 Å². The molecule has 0 aromatic heterocycles. The number of amides is 1. The average Bonchev–Trinajstić information content (AvgIpc) is 2.80. The van der Waals surface area contributed by atoms with Crippen molar-refractivity contribution in [1.29, 1.82) is 0 Å². The Balaban J connectivity index is 1.82. The molecule has 0 atom stereocenters. The Labute approximate surface area is 192 Å². The van der Waals surface area contributed by atoms with Gasteiger partial charge < -0.3 is 14.8 Å². The van der Waals surface area contributed by atoms with Crippen LogP contribution in [0.3, 0.4) is 0 Å². The molecule has 0 aliphatic heterocycles. The minimum Gasteiger partial charge on any atom is -0.493 e. The maximum Gasteiger partial charge on any atom is 0.264 e. The number of nitrogens with one attached hydrogen (secondary N) is 1. The van der Waals surface area contributed by atoms with Crippen LogP contribution in [-0.2, 0) is 10.0 Å². The minimum absolute atomic E-state index is 0.0518. The highest BCUT2D eigenvalue weighted by atomic mass is 35.5. The lowest BCUT2D eigenvalue weighted by molar-refractivity contribution is 0.102. The molecular weight excluding hydrogens is 452 g/mol. The lowest BCUT2D eigenvalue weighted by Crippen LogP contribution is -2.26. The lowest BCUT2D eigenvalue weighted by Gasteiger charge is -2.20. The van der Waals surface area contributed by atoms with Gasteiger partial charge in [-0.15, -0.1) is 0 Å². The maximum absolute atomic E-state index is 13.1. The molecule has 1 N–H and O–H groups in total. The molecule has 7 nitrogen and oxygen atoms in total. The van der Waals surface area contributed by atoms with Crippen molar-refractivity contribution in [2.45, 2.75) is 11.8 Å². The summed E-state index contributed by atoms with van der Waals surface area (Å²) in [4.78, 5) is 12.6. The molecule has 0 saturated heterocycles. The van der Waals surface area contributed by atoms with Crippen molar-refractivity contribution in [3.05, 3.63) is 76.8 Å². The van der Waals surface area contributed by atoms with Gasteiger partial charge in [0.1, 0.15) is 0 Å². The zero-order chi connectivity index (χ0) is 23.5. The highest BCUT2D eigenvalue weighted by molar-refractivity contribution is 7.92. The molecule has 168 valence electrons. The molecule has 0 aliphatic rings. The van der Waals surface area contributed by atoms with E-state index in [2.05, 4.69) is 5.32 Å². The van der Waals surface area contributed by atoms with E-state index in [0.717, 1.165) is 9.87 Å². The minimum atomic E-state index is -3.86. The Morgan fingerprint density at radius 1 is 0.938 bits per heavy atom. The second kappa shape index (κ2) is 9.50. The van der Waals surface area contributed by atoms with Crippen molar-refractivity contribution in [2.75, 3.05) is 30.9 Å². The number of ether oxygens (including phenoxy) is 2. The second-order valence-electron chi connectivity index (χ2n) is 6.95. The van der Waals surface area contributed by atoms with E-state index in [1.54, 1.807) is 36.4 Å². The first kappa shape index (κ1) is 23.4. The van der Waals surface area contributed by atoms with Gasteiger partial charge >= 0.3 is 0 Å². The van der Waals surface area contributed by atoms with Gasteiger partial charge in [0.2, 0.25) is 0 Å². The summed E-state index contributed by atoms with van der Waals surface area (Å²) in [7, 11) is 0.495. The third-order valence-electron chi connectivity index (χ3n) is 4.95. The summed E-state index contributed by atoms with van der Waals surface area (Å²) in [5.41, 5.74) is 2.26. The van der Waals surface area contributed by atoms with Crippen molar-refractivity contribution >= 4 is 38.9 Å². The average molecular weight is 475 g/mol. The van der Waals surface area contributed by atoms with Gasteiger partial charge in [-0.25, -0.2) is 8.42 Å². The van der Waals surface area contributed by atoms with Crippen LogP contribution in [0.25, 0.3) is 0 Å². The van der Waals surface area contributed by atoms with Crippen LogP contribution < -0.4 is 19.1 Å². The molecule has 0 unspecified atom stereocenters. The zero-order valence-electron chi connectivity index (χ0n) is 18.0. The van der Waals surface area contributed by atoms with Crippen molar-refractivity contribution in [1.82, 2.24) is 0 Å². The number of rotatable bonds is 7. The first-order valence-electron chi connectivity index (χ1n) is 9.56. The number of nitrogens with zero attached hydrogens (tertiary/aromatic N) is 1. The van der Waals surface area contributed by atoms with Gasteiger partial charge in [0.15, 0.2) is 11.5 Å². The van der Waals surface area contributed by atoms with E-state index in [9.17, 15) is 13.2 Å². The fourth-order valence-electron chi connectivity index (χ4n) is 3.02. The number of carbonyl (C=O) groups excluding carboxylic acids is 1. The normalized spacial score (nSPS) is 11.0. The van der Waals surface area contributed by atoms with Crippen LogP contribution in [0.2, 0.25) is 5.02 Å². The number of aryl methyl sites for hydroxylation is 1. The molecule has 0 aliphatic carbocycles. The molecule has 0 radical (unpaired) electrons. The predicted molar refractivity (Wildman–Crippen MR) is 126 cm³/mol. The van der Waals surface area contributed by atoms with E-state index in [1.165, 1.54) is 39.5 Å². The summed E-state index contributed by atoms with van der Waals surface area (Å²) in [5.74, 6) is 0.414. The Kier molecular flexibility index (Phi) is 6.96. The molecule has 3 rings (SSSR count). The quantitative estimate of drug-likeness (QED) is 0.534. The van der Waals surface area contributed by atoms with E-state index < -0.39 is 10.0 Å². The summed E-state index contributed by atoms with van der Waals surface area (Å²) >= 11 is 6.00. The van der Waals surface area contributed by atoms with E-state index in [4.69, 9.17) is 21.1 Å². The number of anilines is 2. The second-order valence-corrected chi connectivity index (χ2v) is 9.36. The highest BCUT2D eigenvalue weighted by Crippen LogP contribution is 2.31. The van der Waals surface area contributed by atoms with Crippen molar-refractivity contribution in [3.63, 3.8) is 0 Å². The molecule has 0 saturated carbocycles. The van der Waals surface area contributed by atoms with Gasteiger partial charge in [0.25, 0.3) is 15.9 Å². The summed E-state index contributed by atoms with van der Waals surface area (Å²) < 4.78 is 37.6. The summed E-state index contributed by atoms with van der Waals surface area (Å²) in [6.45, 7) is 1.86. The molecular formula is C23H23ClN2O5S. The van der Waals surface area contributed by atoms with Gasteiger partial charge in [-0.2, -0.15) is 0 Å². The number of hydrogen-bond donors (Lipinski definition) is 1. The molecule has 0 bridgehead atoms. The van der Waals surface area contributed by atoms with E-state index in [0.29, 0.717) is 33.5 Å². The monoisotopic (exact) mass is 474 g/mol. The number of sulfonamides is 1. The predicted octanol–water partition coefficient (Wildman–Crippen LogP) is 4.74. The third kappa shape index (κ3) is 4.81. The molecule has 3 aromatic carbocycles. The van der Waals surface area contributed by atoms with Gasteiger partial charge in [-0.05, 0) is 61.0 Å². The lowest BCUT2D eigenvalue weighted by atomic mass is 10.1. The topological polar surface area (TPSA) is 84.9 Å². The van der Waals surface area contributed by atoms with Crippen LogP contribution in [0.1, 0.15) is 15.9 Å². The standard InChI is InChI=1S/C23H23ClN2O5S/c1-15-5-8-17(24)13-20(15)25-23(27)16-6-9-18(10-7-16)26(2)32(28,29)19-11-12-21(30-3)22(14-19)31-4/h5-14H,1-4H3,(H,25,27). The first-order valence-corrected chi connectivity index (χ1v) is 11.4. The SMILES string of the molecule is COc1ccc(S(=O)(=O)N(C)c2ccc(C(=O)Nc3cc(Cl)ccc3C)cc2)cc1OC. The van der Waals surface area contributed by atoms with Gasteiger partial charge in [0, 0.05) is 29.4 Å². The molecule has 3 aromatic rings. The molecule has 32 heavy (non-hydrogen) atoms. The summed E-state index contributed by atoms with van der Waals surface area (Å²) in [6, 6.07) is 15.9. The number of carbonyl (C=O) groups is 1. The Morgan fingerprint density at radius 2 is 1.59 bits per heavy atom. The number of methoxy groups -OCH3 is 2. The Bertz CT molecular complexity index is 1240. The molecule has 0 heterocycles. The summed E-state index contributed by atoms with van der Waals surface area (Å²) in [5, 5.41) is 3.33. The smallest absolute Gasteiger partial charge is 0.264 e. The first-order chi connectivity index (χ1) is 15.2. The van der Waals surface area contributed by atoms with Gasteiger partial charge in [0.05, 0.1) is 24.8 Å². The largest absolute Gasteiger partial charge is 0.493 e. The van der Waals surface area contributed by atoms with Crippen LogP contribution in [0.15, 0.2) is 65.6 Å². The Morgan fingerprint density at radius 3 is 2.22 bits per heavy atom. The van der Waals surface area contributed by atoms with Crippen LogP contribution in [0.4, 0.5) is 11.4 Å². The van der Waals surface area contributed by atoms with Crippen LogP contribution >= 0.6 is 11.6 Å². The number of halogens is 1. The van der Waals surface area contributed by atoms with Gasteiger partial charge in [-0.1, -0.05) is 17.7 Å². The maximum atomic E-state index is 13.1. The van der Waals surface area contributed by atoms with Gasteiger partial charge in [-0.3, -0.25) is 9.10 Å². The summed E-state index contributed by atoms with van der Waals surface area (Å²) in [6.07, 6.45) is 0. The van der Waals surface area contributed by atoms with E-state index in [-0.39, 0.29) is 10.8 Å². The van der Waals surface area contributed by atoms with Crippen molar-refractivity contribution < 1.29 is 22.7 Å². The number of hydrogen-bond acceptors (Lipinski definition) is 5. The molecule has 0 fully saturated rings. The van der Waals surface area contributed by atoms with E-state index in [1.807, 2.05) is 13.0 Å². The molecule has 0 spiro atoms. The van der Waals surface area contributed by atoms with Crippen LogP contribution in [0, 0.1) is 6.92 Å². The van der Waals surface area contributed by atoms with Crippen molar-refractivity contribution in [3.8, 4) is 11.5 Å².